The second-order valence-corrected chi connectivity index (χ2v) is 25.9. The first-order chi connectivity index (χ1) is 38.3. The van der Waals surface area contributed by atoms with Crippen LogP contribution in [-0.4, -0.2) is 13.8 Å². The Morgan fingerprint density at radius 3 is 1.46 bits per heavy atom. The highest BCUT2D eigenvalue weighted by Gasteiger charge is 2.45. The zero-order valence-electron chi connectivity index (χ0n) is 51.6. The van der Waals surface area contributed by atoms with Gasteiger partial charge in [0.1, 0.15) is 11.5 Å². The Kier molecular flexibility index (Phi) is 17.3. The number of fused-ring (bicyclic) bond motifs is 4. The van der Waals surface area contributed by atoms with Crippen LogP contribution < -0.4 is 41.1 Å². The normalized spacial score (nSPS) is 12.9. The van der Waals surface area contributed by atoms with Gasteiger partial charge >= 0.3 is 0 Å². The lowest BCUT2D eigenvalue weighted by Gasteiger charge is -2.45. The molecule has 1 N–H and O–H groups in total. The molecule has 0 fully saturated rings. The van der Waals surface area contributed by atoms with Gasteiger partial charge in [-0.1, -0.05) is 180 Å². The van der Waals surface area contributed by atoms with Crippen molar-refractivity contribution >= 4 is 80.0 Å². The van der Waals surface area contributed by atoms with Crippen LogP contribution in [0.15, 0.2) is 207 Å². The third-order valence-electron chi connectivity index (χ3n) is 15.4. The topological polar surface area (TPSA) is 31.0 Å². The zero-order chi connectivity index (χ0) is 58.8. The van der Waals surface area contributed by atoms with Crippen molar-refractivity contribution in [2.75, 3.05) is 27.1 Å². The summed E-state index contributed by atoms with van der Waals surface area (Å²) in [5, 5.41) is 3.37. The van der Waals surface area contributed by atoms with Gasteiger partial charge in [-0.25, -0.2) is 0 Å². The molecule has 81 heavy (non-hydrogen) atoms. The van der Waals surface area contributed by atoms with E-state index in [0.29, 0.717) is 0 Å². The summed E-state index contributed by atoms with van der Waals surface area (Å²) in [6.07, 6.45) is 5.31. The summed E-state index contributed by atoms with van der Waals surface area (Å²) in [7, 11) is 1.99. The van der Waals surface area contributed by atoms with E-state index in [1.807, 2.05) is 58.2 Å². The largest absolute Gasteiger partial charge is 0.462 e. The second kappa shape index (κ2) is 23.6. The van der Waals surface area contributed by atoms with Gasteiger partial charge in [0.2, 0.25) is 0 Å². The Morgan fingerprint density at radius 1 is 0.506 bits per heavy atom. The van der Waals surface area contributed by atoms with Crippen molar-refractivity contribution in [1.29, 1.82) is 0 Å². The second-order valence-electron chi connectivity index (χ2n) is 25.9. The molecule has 8 aromatic carbocycles. The summed E-state index contributed by atoms with van der Waals surface area (Å²) in [5.41, 5.74) is 23.2. The van der Waals surface area contributed by atoms with Gasteiger partial charge in [0, 0.05) is 63.9 Å². The third-order valence-corrected chi connectivity index (χ3v) is 15.4. The fourth-order valence-corrected chi connectivity index (χ4v) is 10.8. The van der Waals surface area contributed by atoms with E-state index in [-0.39, 0.29) is 28.4 Å². The van der Waals surface area contributed by atoms with Crippen LogP contribution >= 0.6 is 0 Å². The monoisotopic (exact) mass is 1070 g/mol. The molecule has 0 atom stereocenters. The van der Waals surface area contributed by atoms with E-state index in [2.05, 4.69) is 269 Å². The van der Waals surface area contributed by atoms with E-state index < -0.39 is 0 Å². The van der Waals surface area contributed by atoms with E-state index in [4.69, 9.17) is 4.74 Å². The van der Waals surface area contributed by atoms with Crippen LogP contribution in [-0.2, 0) is 21.7 Å². The van der Waals surface area contributed by atoms with Crippen molar-refractivity contribution in [2.45, 2.75) is 132 Å². The number of benzene rings is 8. The molecule has 8 aromatic rings. The van der Waals surface area contributed by atoms with Crippen LogP contribution in [0.1, 0.15) is 130 Å². The summed E-state index contributed by atoms with van der Waals surface area (Å²) in [6, 6.07) is 63.9. The number of nitrogens with zero attached hydrogens (tertiary/aromatic N) is 3. The Morgan fingerprint density at radius 2 is 0.975 bits per heavy atom. The first kappa shape index (κ1) is 59.2. The van der Waals surface area contributed by atoms with Crippen molar-refractivity contribution < 1.29 is 4.74 Å². The maximum atomic E-state index is 5.58. The molecule has 0 amide bonds. The van der Waals surface area contributed by atoms with Gasteiger partial charge in [-0.15, -0.1) is 6.58 Å². The zero-order valence-corrected chi connectivity index (χ0v) is 51.6. The molecular weight excluding hydrogens is 984 g/mol. The van der Waals surface area contributed by atoms with Crippen molar-refractivity contribution in [2.24, 2.45) is 0 Å². The number of hydrogen-bond acceptors (Lipinski definition) is 5. The number of anilines is 10. The number of rotatable bonds is 9. The van der Waals surface area contributed by atoms with Crippen LogP contribution in [0, 0.1) is 13.8 Å². The Labute approximate surface area is 487 Å². The lowest BCUT2D eigenvalue weighted by atomic mass is 9.33. The number of para-hydroxylation sites is 1. The van der Waals surface area contributed by atoms with Gasteiger partial charge in [-0.2, -0.15) is 0 Å². The molecule has 416 valence electrons. The van der Waals surface area contributed by atoms with Crippen molar-refractivity contribution in [3.05, 3.63) is 240 Å². The number of ether oxygens (including phenoxy) is 1. The maximum absolute atomic E-state index is 5.58. The average molecular weight is 1070 g/mol. The van der Waals surface area contributed by atoms with E-state index in [9.17, 15) is 0 Å². The maximum Gasteiger partial charge on any atom is 0.252 e. The number of nitrogens with one attached hydrogen (secondary N) is 1. The van der Waals surface area contributed by atoms with Crippen LogP contribution in [0.3, 0.4) is 0 Å². The third kappa shape index (κ3) is 12.8. The van der Waals surface area contributed by atoms with Gasteiger partial charge < -0.3 is 24.8 Å². The lowest BCUT2D eigenvalue weighted by Crippen LogP contribution is -2.61. The highest BCUT2D eigenvalue weighted by atomic mass is 16.5. The molecule has 0 aromatic heterocycles. The SMILES string of the molecule is C=C/C=C(\C)Oc1ccccc1C.C=CC.CNc1ccc(N2c3cc(N(c4ccc(C(C)(C)C)cc4)c4ccc(C(C)(C)C)cc4)ccc3B3c4cc(C(C)(C)C)ccc4N(c4ccc(C)cc4)c4cc(C(C)(C)C)cc2c43)cc1. The van der Waals surface area contributed by atoms with E-state index in [1.165, 1.54) is 72.6 Å². The average Bonchev–Trinajstić information content (AvgIpc) is 3.62. The molecule has 0 unspecified atom stereocenters. The van der Waals surface area contributed by atoms with Gasteiger partial charge in [-0.3, -0.25) is 0 Å². The summed E-state index contributed by atoms with van der Waals surface area (Å²) >= 11 is 0. The fraction of sp³-hybridized carbons (Fsp3) is 0.280. The van der Waals surface area contributed by atoms with Crippen LogP contribution in [0.5, 0.6) is 5.75 Å². The molecule has 0 bridgehead atoms. The standard InChI is InChI=1S/C60H67BN4.C12H14O.C3H6/c1-39-15-24-47(25-16-39)64-52-34-21-42(59(8,9)10)35-51(52)61-50-33-32-49(63(45-26-17-40(18-27-45)57(2,3)4)46-28-19-41(20-29-46)58(5,6)7)38-53(50)65(48-30-22-44(62-14)23-31-48)55-37-43(60(11,12)13)36-54(64)56(55)61;1-4-7-11(3)13-12-9-6-5-8-10(12)2;1-3-2/h15-38,62H,1-14H3;4-9H,1H2,2-3H3;3H,1H2,2H3/b;11-7+;. The Hall–Kier alpha value is -7.96. The summed E-state index contributed by atoms with van der Waals surface area (Å²) in [6.45, 7) is 42.7. The van der Waals surface area contributed by atoms with Gasteiger partial charge in [0.15, 0.2) is 0 Å². The molecule has 6 heteroatoms. The molecule has 2 heterocycles. The predicted octanol–water partition coefficient (Wildman–Crippen LogP) is 19.4. The predicted molar refractivity (Wildman–Crippen MR) is 356 cm³/mol. The van der Waals surface area contributed by atoms with Gasteiger partial charge in [0.05, 0.1) is 0 Å². The smallest absolute Gasteiger partial charge is 0.252 e. The van der Waals surface area contributed by atoms with Gasteiger partial charge in [-0.05, 0) is 197 Å². The molecular formula is C75H87BN4O. The minimum absolute atomic E-state index is 0.00418. The minimum atomic E-state index is -0.116. The molecule has 0 saturated heterocycles. The summed E-state index contributed by atoms with van der Waals surface area (Å²) in [5.74, 6) is 1.75. The van der Waals surface area contributed by atoms with Crippen LogP contribution in [0.2, 0.25) is 0 Å². The van der Waals surface area contributed by atoms with E-state index in [0.717, 1.165) is 45.5 Å². The first-order valence-electron chi connectivity index (χ1n) is 28.8. The van der Waals surface area contributed by atoms with Crippen molar-refractivity contribution in [1.82, 2.24) is 0 Å². The van der Waals surface area contributed by atoms with Gasteiger partial charge in [0.25, 0.3) is 6.71 Å². The molecule has 0 aliphatic carbocycles. The number of allylic oxidation sites excluding steroid dienone is 4. The Balaban J connectivity index is 0.000000467. The van der Waals surface area contributed by atoms with Crippen LogP contribution in [0.25, 0.3) is 0 Å². The number of hydrogen-bond donors (Lipinski definition) is 1. The molecule has 10 rings (SSSR count). The highest BCUT2D eigenvalue weighted by molar-refractivity contribution is 7.00. The van der Waals surface area contributed by atoms with Crippen molar-refractivity contribution in [3.63, 3.8) is 0 Å². The molecule has 0 radical (unpaired) electrons. The molecule has 0 saturated carbocycles. The molecule has 0 spiro atoms. The van der Waals surface area contributed by atoms with E-state index >= 15 is 0 Å². The van der Waals surface area contributed by atoms with Crippen molar-refractivity contribution in [3.8, 4) is 5.75 Å². The molecule has 2 aliphatic rings. The lowest BCUT2D eigenvalue weighted by molar-refractivity contribution is 0.425. The highest BCUT2D eigenvalue weighted by Crippen LogP contribution is 2.48. The molecule has 5 nitrogen and oxygen atoms in total. The molecule has 2 aliphatic heterocycles. The fourth-order valence-electron chi connectivity index (χ4n) is 10.8. The summed E-state index contributed by atoms with van der Waals surface area (Å²) < 4.78 is 5.58. The Bertz CT molecular complexity index is 3490. The minimum Gasteiger partial charge on any atom is -0.462 e. The summed E-state index contributed by atoms with van der Waals surface area (Å²) in [4.78, 5) is 7.54. The van der Waals surface area contributed by atoms with Crippen LogP contribution in [0.4, 0.5) is 56.9 Å². The quantitative estimate of drug-likeness (QED) is 0.0674. The number of aryl methyl sites for hydroxylation is 2. The first-order valence-corrected chi connectivity index (χ1v) is 28.8. The van der Waals surface area contributed by atoms with E-state index in [1.54, 1.807) is 12.2 Å².